The van der Waals surface area contributed by atoms with Gasteiger partial charge in [0.1, 0.15) is 23.9 Å². The first kappa shape index (κ1) is 27.6. The molecule has 4 nitrogen and oxygen atoms in total. The van der Waals surface area contributed by atoms with Crippen LogP contribution < -0.4 is 0 Å². The number of rotatable bonds is 9. The van der Waals surface area contributed by atoms with Crippen LogP contribution in [0.1, 0.15) is 43.9 Å². The number of ether oxygens (including phenoxy) is 2. The summed E-state index contributed by atoms with van der Waals surface area (Å²) in [5, 5.41) is 1.21. The molecular formula is C27H34F2N2O2. The molecule has 1 aromatic carbocycles. The van der Waals surface area contributed by atoms with E-state index < -0.39 is 5.83 Å². The van der Waals surface area contributed by atoms with Gasteiger partial charge in [-0.3, -0.25) is 0 Å². The molecule has 1 N–H and O–H groups in total. The number of benzene rings is 1. The number of fused-ring (bicyclic) bond motifs is 1. The van der Waals surface area contributed by atoms with Gasteiger partial charge in [0.25, 0.3) is 0 Å². The number of hydrogen-bond donors (Lipinski definition) is 1. The second kappa shape index (κ2) is 16.3. The van der Waals surface area contributed by atoms with Gasteiger partial charge in [-0.2, -0.15) is 0 Å². The van der Waals surface area contributed by atoms with Crippen LogP contribution in [0.3, 0.4) is 0 Å². The van der Waals surface area contributed by atoms with Crippen molar-refractivity contribution in [3.05, 3.63) is 102 Å². The molecule has 3 rings (SSSR count). The topological polar surface area (TPSA) is 47.1 Å². The Balaban J connectivity index is 0.000000307. The van der Waals surface area contributed by atoms with Crippen molar-refractivity contribution in [1.29, 1.82) is 0 Å². The van der Waals surface area contributed by atoms with E-state index in [4.69, 9.17) is 9.47 Å². The molecule has 0 unspecified atom stereocenters. The smallest absolute Gasteiger partial charge is 0.137 e. The van der Waals surface area contributed by atoms with Crippen LogP contribution in [-0.4, -0.2) is 17.1 Å². The predicted molar refractivity (Wildman–Crippen MR) is 132 cm³/mol. The summed E-state index contributed by atoms with van der Waals surface area (Å²) in [6.07, 6.45) is 12.6. The van der Waals surface area contributed by atoms with E-state index in [2.05, 4.69) is 22.6 Å². The molecule has 0 atom stereocenters. The molecule has 0 aliphatic heterocycles. The van der Waals surface area contributed by atoms with E-state index in [0.717, 1.165) is 42.8 Å². The summed E-state index contributed by atoms with van der Waals surface area (Å²) in [6, 6.07) is 9.06. The maximum Gasteiger partial charge on any atom is 0.137 e. The monoisotopic (exact) mass is 456 g/mol. The van der Waals surface area contributed by atoms with Gasteiger partial charge < -0.3 is 14.5 Å². The minimum atomic E-state index is -0.596. The van der Waals surface area contributed by atoms with Crippen molar-refractivity contribution < 1.29 is 18.3 Å². The number of aromatic nitrogens is 2. The van der Waals surface area contributed by atoms with Crippen molar-refractivity contribution in [3.63, 3.8) is 0 Å². The molecule has 0 saturated heterocycles. The van der Waals surface area contributed by atoms with Crippen LogP contribution in [0.4, 0.5) is 8.78 Å². The molecule has 0 aliphatic carbocycles. The first-order valence-electron chi connectivity index (χ1n) is 11.0. The van der Waals surface area contributed by atoms with Crippen molar-refractivity contribution in [1.82, 2.24) is 9.97 Å². The second-order valence-electron chi connectivity index (χ2n) is 6.70. The molecule has 33 heavy (non-hydrogen) atoms. The molecule has 0 aliphatic rings. The second-order valence-corrected chi connectivity index (χ2v) is 6.70. The Morgan fingerprint density at radius 2 is 1.97 bits per heavy atom. The summed E-state index contributed by atoms with van der Waals surface area (Å²) >= 11 is 0. The average Bonchev–Trinajstić information content (AvgIpc) is 3.25. The maximum absolute atomic E-state index is 13.4. The first-order valence-corrected chi connectivity index (χ1v) is 11.0. The predicted octanol–water partition coefficient (Wildman–Crippen LogP) is 7.58. The summed E-state index contributed by atoms with van der Waals surface area (Å²) < 4.78 is 35.4. The van der Waals surface area contributed by atoms with E-state index in [-0.39, 0.29) is 12.4 Å². The van der Waals surface area contributed by atoms with Gasteiger partial charge in [-0.15, -0.1) is 0 Å². The number of aryl methyl sites for hydroxylation is 2. The summed E-state index contributed by atoms with van der Waals surface area (Å²) in [7, 11) is 1.66. The Morgan fingerprint density at radius 3 is 2.64 bits per heavy atom. The van der Waals surface area contributed by atoms with Gasteiger partial charge >= 0.3 is 0 Å². The first-order chi connectivity index (χ1) is 16.0. The van der Waals surface area contributed by atoms with Gasteiger partial charge in [0, 0.05) is 29.4 Å². The third-order valence-corrected chi connectivity index (χ3v) is 4.46. The third-order valence-electron chi connectivity index (χ3n) is 4.46. The van der Waals surface area contributed by atoms with Crippen molar-refractivity contribution in [2.75, 3.05) is 7.11 Å². The lowest BCUT2D eigenvalue weighted by Gasteiger charge is -2.04. The van der Waals surface area contributed by atoms with Gasteiger partial charge in [-0.1, -0.05) is 39.5 Å². The zero-order chi connectivity index (χ0) is 24.5. The molecule has 0 radical (unpaired) electrons. The number of methoxy groups -OCH3 is 1. The van der Waals surface area contributed by atoms with Gasteiger partial charge in [-0.05, 0) is 54.7 Å². The van der Waals surface area contributed by atoms with Crippen LogP contribution in [0.2, 0.25) is 0 Å². The van der Waals surface area contributed by atoms with Gasteiger partial charge in [0.05, 0.1) is 19.6 Å². The number of nitrogens with zero attached hydrogens (tertiary/aromatic N) is 1. The lowest BCUT2D eigenvalue weighted by atomic mass is 10.1. The van der Waals surface area contributed by atoms with E-state index >= 15 is 0 Å². The largest absolute Gasteiger partial charge is 0.505 e. The molecule has 178 valence electrons. The van der Waals surface area contributed by atoms with E-state index in [1.54, 1.807) is 25.6 Å². The van der Waals surface area contributed by atoms with Crippen LogP contribution in [0.25, 0.3) is 11.0 Å². The summed E-state index contributed by atoms with van der Waals surface area (Å²) in [5.41, 5.74) is 3.65. The molecular weight excluding hydrogens is 422 g/mol. The minimum absolute atomic E-state index is 0.0829. The van der Waals surface area contributed by atoms with Crippen molar-refractivity contribution in [3.8, 4) is 0 Å². The highest BCUT2D eigenvalue weighted by atomic mass is 19.1. The SMILES string of the molecule is C=C(F)/C=C/OCc1ccc(CC)cc1F.CC.CO/C=C/CCc1c[nH]c2ncccc12. The Hall–Kier alpha value is -3.41. The Kier molecular flexibility index (Phi) is 13.6. The number of nitrogens with one attached hydrogen (secondary N) is 1. The fraction of sp³-hybridized carbons (Fsp3) is 0.296. The fourth-order valence-corrected chi connectivity index (χ4v) is 2.81. The molecule has 0 spiro atoms. The fourth-order valence-electron chi connectivity index (χ4n) is 2.81. The average molecular weight is 457 g/mol. The van der Waals surface area contributed by atoms with Gasteiger partial charge in [0.15, 0.2) is 0 Å². The molecule has 0 saturated carbocycles. The van der Waals surface area contributed by atoms with Crippen molar-refractivity contribution >= 4 is 11.0 Å². The molecule has 3 aromatic rings. The summed E-state index contributed by atoms with van der Waals surface area (Å²) in [4.78, 5) is 7.41. The van der Waals surface area contributed by atoms with Crippen molar-refractivity contribution in [2.45, 2.75) is 46.6 Å². The van der Waals surface area contributed by atoms with Crippen molar-refractivity contribution in [2.24, 2.45) is 0 Å². The molecule has 0 fully saturated rings. The molecule has 6 heteroatoms. The Bertz CT molecular complexity index is 1030. The van der Waals surface area contributed by atoms with Crippen LogP contribution in [0.15, 0.2) is 79.8 Å². The lowest BCUT2D eigenvalue weighted by Crippen LogP contribution is -1.93. The number of pyridine rings is 1. The molecule has 0 amide bonds. The number of aromatic amines is 1. The Labute approximate surface area is 195 Å². The van der Waals surface area contributed by atoms with Gasteiger partial charge in [0.2, 0.25) is 0 Å². The normalized spacial score (nSPS) is 10.5. The number of halogens is 2. The zero-order valence-corrected chi connectivity index (χ0v) is 19.9. The summed E-state index contributed by atoms with van der Waals surface area (Å²) in [6.45, 7) is 9.07. The van der Waals surface area contributed by atoms with E-state index in [1.165, 1.54) is 17.0 Å². The molecule has 0 bridgehead atoms. The zero-order valence-electron chi connectivity index (χ0n) is 19.9. The highest BCUT2D eigenvalue weighted by Crippen LogP contribution is 2.17. The standard InChI is InChI=1S/C13H14F2O.C12H14N2O.C2H6/c1-3-11-4-5-12(13(15)8-11)9-16-7-6-10(2)14;1-15-8-3-2-5-10-9-14-12-11(10)6-4-7-13-12;1-2/h4-8H,2-3,9H2,1H3;3-4,6-9H,2,5H2,1H3,(H,13,14);1-2H3/b7-6+;8-3+;. The lowest BCUT2D eigenvalue weighted by molar-refractivity contribution is 0.231. The quantitative estimate of drug-likeness (QED) is 0.267. The number of hydrogen-bond acceptors (Lipinski definition) is 3. The van der Waals surface area contributed by atoms with Crippen LogP contribution in [0, 0.1) is 5.82 Å². The van der Waals surface area contributed by atoms with E-state index in [9.17, 15) is 8.78 Å². The third kappa shape index (κ3) is 10.2. The van der Waals surface area contributed by atoms with Crippen LogP contribution in [0.5, 0.6) is 0 Å². The minimum Gasteiger partial charge on any atom is -0.505 e. The molecule has 2 heterocycles. The highest BCUT2D eigenvalue weighted by molar-refractivity contribution is 5.79. The highest BCUT2D eigenvalue weighted by Gasteiger charge is 2.03. The van der Waals surface area contributed by atoms with E-state index in [0.29, 0.717) is 5.56 Å². The molecule has 2 aromatic heterocycles. The van der Waals surface area contributed by atoms with Gasteiger partial charge in [-0.25, -0.2) is 13.8 Å². The van der Waals surface area contributed by atoms with E-state index in [1.807, 2.05) is 45.2 Å². The number of allylic oxidation sites excluding steroid dienone is 3. The Morgan fingerprint density at radius 1 is 1.18 bits per heavy atom. The van der Waals surface area contributed by atoms with Crippen LogP contribution in [-0.2, 0) is 28.9 Å². The number of H-pyrrole nitrogens is 1. The van der Waals surface area contributed by atoms with Crippen LogP contribution >= 0.6 is 0 Å². The maximum atomic E-state index is 13.4. The summed E-state index contributed by atoms with van der Waals surface area (Å²) in [5.74, 6) is -0.895.